The molecule has 0 bridgehead atoms. The Labute approximate surface area is 167 Å². The van der Waals surface area contributed by atoms with Crippen molar-refractivity contribution in [3.63, 3.8) is 0 Å². The summed E-state index contributed by atoms with van der Waals surface area (Å²) in [6.07, 6.45) is 0.538. The van der Waals surface area contributed by atoms with E-state index in [1.165, 1.54) is 29.0 Å². The molecule has 0 N–H and O–H groups in total. The second kappa shape index (κ2) is 9.07. The molecule has 28 heavy (non-hydrogen) atoms. The van der Waals surface area contributed by atoms with Crippen molar-refractivity contribution in [1.29, 1.82) is 0 Å². The number of carbonyl (C=O) groups is 2. The van der Waals surface area contributed by atoms with Crippen LogP contribution in [0.15, 0.2) is 46.9 Å². The minimum atomic E-state index is -0.332. The molecule has 2 aromatic rings. The highest BCUT2D eigenvalue weighted by atomic mass is 32.1. The molecule has 1 aromatic heterocycles. The lowest BCUT2D eigenvalue weighted by atomic mass is 10.0. The molecule has 0 radical (unpaired) electrons. The van der Waals surface area contributed by atoms with Gasteiger partial charge in [-0.05, 0) is 29.1 Å². The standard InChI is InChI=1S/C20H22FN3O3S/c1-14(25)23(9-10-27-2)13-20(26)24-18(15-5-7-16(21)8-6-15)12-17(22-24)19-4-3-11-28-19/h3-8,11,18H,9-10,12-13H2,1-2H3/t18-/m1/s1. The lowest BCUT2D eigenvalue weighted by Crippen LogP contribution is -2.41. The molecule has 148 valence electrons. The van der Waals surface area contributed by atoms with Crippen LogP contribution < -0.4 is 0 Å². The second-order valence-corrected chi connectivity index (χ2v) is 7.41. The maximum Gasteiger partial charge on any atom is 0.262 e. The molecule has 1 aliphatic rings. The van der Waals surface area contributed by atoms with Gasteiger partial charge in [-0.15, -0.1) is 11.3 Å². The third kappa shape index (κ3) is 4.63. The number of amides is 2. The van der Waals surface area contributed by atoms with Gasteiger partial charge >= 0.3 is 0 Å². The first-order valence-electron chi connectivity index (χ1n) is 8.93. The predicted octanol–water partition coefficient (Wildman–Crippen LogP) is 3.06. The zero-order valence-corrected chi connectivity index (χ0v) is 16.6. The fraction of sp³-hybridized carbons (Fsp3) is 0.350. The molecule has 0 saturated heterocycles. The third-order valence-corrected chi connectivity index (χ3v) is 5.48. The summed E-state index contributed by atoms with van der Waals surface area (Å²) in [6, 6.07) is 9.65. The quantitative estimate of drug-likeness (QED) is 0.714. The van der Waals surface area contributed by atoms with E-state index in [4.69, 9.17) is 4.74 Å². The Morgan fingerprint density at radius 2 is 2.07 bits per heavy atom. The van der Waals surface area contributed by atoms with E-state index in [9.17, 15) is 14.0 Å². The van der Waals surface area contributed by atoms with Gasteiger partial charge in [0.25, 0.3) is 5.91 Å². The maximum absolute atomic E-state index is 13.3. The normalized spacial score (nSPS) is 16.2. The van der Waals surface area contributed by atoms with Crippen LogP contribution in [0.4, 0.5) is 4.39 Å². The number of thiophene rings is 1. The molecule has 1 aromatic carbocycles. The first kappa shape index (κ1) is 20.2. The van der Waals surface area contributed by atoms with Crippen LogP contribution in [0.2, 0.25) is 0 Å². The molecule has 0 saturated carbocycles. The number of ether oxygens (including phenoxy) is 1. The van der Waals surface area contributed by atoms with E-state index >= 15 is 0 Å². The average molecular weight is 403 g/mol. The number of hydrogen-bond donors (Lipinski definition) is 0. The number of hydrogen-bond acceptors (Lipinski definition) is 5. The van der Waals surface area contributed by atoms with Crippen molar-refractivity contribution >= 4 is 28.9 Å². The molecule has 0 unspecified atom stereocenters. The first-order chi connectivity index (χ1) is 13.5. The number of carbonyl (C=O) groups excluding carboxylic acids is 2. The molecule has 0 spiro atoms. The van der Waals surface area contributed by atoms with E-state index in [1.54, 1.807) is 30.6 Å². The summed E-state index contributed by atoms with van der Waals surface area (Å²) < 4.78 is 18.4. The smallest absolute Gasteiger partial charge is 0.262 e. The van der Waals surface area contributed by atoms with Gasteiger partial charge in [0.2, 0.25) is 5.91 Å². The average Bonchev–Trinajstić information content (AvgIpc) is 3.35. The van der Waals surface area contributed by atoms with Crippen molar-refractivity contribution in [2.45, 2.75) is 19.4 Å². The van der Waals surface area contributed by atoms with Crippen molar-refractivity contribution in [3.8, 4) is 0 Å². The van der Waals surface area contributed by atoms with E-state index in [2.05, 4.69) is 5.10 Å². The summed E-state index contributed by atoms with van der Waals surface area (Å²) in [4.78, 5) is 27.3. The molecule has 3 rings (SSSR count). The van der Waals surface area contributed by atoms with Crippen molar-refractivity contribution in [3.05, 3.63) is 58.0 Å². The monoisotopic (exact) mass is 403 g/mol. The van der Waals surface area contributed by atoms with Crippen molar-refractivity contribution in [2.75, 3.05) is 26.8 Å². The van der Waals surface area contributed by atoms with E-state index in [0.29, 0.717) is 19.6 Å². The van der Waals surface area contributed by atoms with Gasteiger partial charge in [0, 0.05) is 27.0 Å². The highest BCUT2D eigenvalue weighted by molar-refractivity contribution is 7.12. The fourth-order valence-corrected chi connectivity index (χ4v) is 3.78. The van der Waals surface area contributed by atoms with Gasteiger partial charge in [-0.1, -0.05) is 18.2 Å². The summed E-state index contributed by atoms with van der Waals surface area (Å²) in [5.41, 5.74) is 1.61. The van der Waals surface area contributed by atoms with Crippen LogP contribution in [-0.4, -0.2) is 54.2 Å². The molecule has 2 amide bonds. The number of halogens is 1. The Bertz CT molecular complexity index is 852. The SMILES string of the molecule is COCCN(CC(=O)N1N=C(c2cccs2)C[C@@H]1c1ccc(F)cc1)C(C)=O. The van der Waals surface area contributed by atoms with Crippen LogP contribution in [0, 0.1) is 5.82 Å². The van der Waals surface area contributed by atoms with Crippen LogP contribution >= 0.6 is 11.3 Å². The Morgan fingerprint density at radius 1 is 1.32 bits per heavy atom. The van der Waals surface area contributed by atoms with Gasteiger partial charge in [-0.3, -0.25) is 9.59 Å². The van der Waals surface area contributed by atoms with Gasteiger partial charge in [-0.2, -0.15) is 5.10 Å². The highest BCUT2D eigenvalue weighted by Gasteiger charge is 2.34. The van der Waals surface area contributed by atoms with E-state index < -0.39 is 0 Å². The largest absolute Gasteiger partial charge is 0.383 e. The van der Waals surface area contributed by atoms with Crippen LogP contribution in [0.1, 0.15) is 29.8 Å². The van der Waals surface area contributed by atoms with Gasteiger partial charge in [-0.25, -0.2) is 9.40 Å². The van der Waals surface area contributed by atoms with Crippen molar-refractivity contribution in [2.24, 2.45) is 5.10 Å². The van der Waals surface area contributed by atoms with E-state index in [-0.39, 0.29) is 30.2 Å². The number of rotatable bonds is 7. The minimum absolute atomic E-state index is 0.0857. The van der Waals surface area contributed by atoms with Crippen molar-refractivity contribution in [1.82, 2.24) is 9.91 Å². The van der Waals surface area contributed by atoms with E-state index in [1.807, 2.05) is 17.5 Å². The van der Waals surface area contributed by atoms with Crippen LogP contribution in [0.3, 0.4) is 0 Å². The first-order valence-corrected chi connectivity index (χ1v) is 9.81. The molecule has 6 nitrogen and oxygen atoms in total. The predicted molar refractivity (Wildman–Crippen MR) is 106 cm³/mol. The Hall–Kier alpha value is -2.58. The number of methoxy groups -OCH3 is 1. The number of nitrogens with zero attached hydrogens (tertiary/aromatic N) is 3. The maximum atomic E-state index is 13.3. The molecule has 0 aliphatic carbocycles. The fourth-order valence-electron chi connectivity index (χ4n) is 3.06. The molecular formula is C20H22FN3O3S. The third-order valence-electron chi connectivity index (χ3n) is 4.56. The van der Waals surface area contributed by atoms with Gasteiger partial charge in [0.1, 0.15) is 12.4 Å². The molecule has 2 heterocycles. The summed E-state index contributed by atoms with van der Waals surface area (Å²) >= 11 is 1.55. The molecular weight excluding hydrogens is 381 g/mol. The van der Waals surface area contributed by atoms with Crippen LogP contribution in [-0.2, 0) is 14.3 Å². The zero-order chi connectivity index (χ0) is 20.1. The zero-order valence-electron chi connectivity index (χ0n) is 15.8. The number of benzene rings is 1. The lowest BCUT2D eigenvalue weighted by Gasteiger charge is -2.26. The second-order valence-electron chi connectivity index (χ2n) is 6.47. The topological polar surface area (TPSA) is 62.2 Å². The summed E-state index contributed by atoms with van der Waals surface area (Å²) in [5, 5.41) is 7.93. The van der Waals surface area contributed by atoms with Crippen LogP contribution in [0.5, 0.6) is 0 Å². The Kier molecular flexibility index (Phi) is 6.53. The molecule has 8 heteroatoms. The van der Waals surface area contributed by atoms with Crippen molar-refractivity contribution < 1.29 is 18.7 Å². The molecule has 0 fully saturated rings. The summed E-state index contributed by atoms with van der Waals surface area (Å²) in [5.74, 6) is -0.820. The van der Waals surface area contributed by atoms with Gasteiger partial charge in [0.05, 0.1) is 23.2 Å². The van der Waals surface area contributed by atoms with Crippen LogP contribution in [0.25, 0.3) is 0 Å². The Balaban J connectivity index is 1.85. The van der Waals surface area contributed by atoms with Gasteiger partial charge < -0.3 is 9.64 Å². The molecule has 1 aliphatic heterocycles. The van der Waals surface area contributed by atoms with Gasteiger partial charge in [0.15, 0.2) is 0 Å². The Morgan fingerprint density at radius 3 is 2.68 bits per heavy atom. The molecule has 1 atom stereocenters. The highest BCUT2D eigenvalue weighted by Crippen LogP contribution is 2.34. The summed E-state index contributed by atoms with van der Waals surface area (Å²) in [7, 11) is 1.54. The van der Waals surface area contributed by atoms with E-state index in [0.717, 1.165) is 16.2 Å². The minimum Gasteiger partial charge on any atom is -0.383 e. The summed E-state index contributed by atoms with van der Waals surface area (Å²) in [6.45, 7) is 2.01. The number of hydrazone groups is 1. The lowest BCUT2D eigenvalue weighted by molar-refractivity contribution is -0.141.